The van der Waals surface area contributed by atoms with Crippen molar-refractivity contribution in [3.05, 3.63) is 47.4 Å². The van der Waals surface area contributed by atoms with Gasteiger partial charge in [-0.3, -0.25) is 4.79 Å². The van der Waals surface area contributed by atoms with Crippen LogP contribution in [-0.2, 0) is 6.54 Å². The normalized spacial score (nSPS) is 10.4. The number of carbonyl (C=O) groups excluding carboxylic acids is 1. The first-order valence-electron chi connectivity index (χ1n) is 5.36. The summed E-state index contributed by atoms with van der Waals surface area (Å²) in [6.45, 7) is 1.90. The Balaban J connectivity index is 2.07. The Morgan fingerprint density at radius 2 is 2.00 bits per heavy atom. The molecule has 0 aliphatic carbocycles. The summed E-state index contributed by atoms with van der Waals surface area (Å²) in [5.41, 5.74) is 0.412. The Kier molecular flexibility index (Phi) is 3.36. The summed E-state index contributed by atoms with van der Waals surface area (Å²) in [7, 11) is 1.62. The molecule has 0 N–H and O–H groups in total. The number of carbonyl (C=O) groups is 1. The predicted molar refractivity (Wildman–Crippen MR) is 61.2 cm³/mol. The molecule has 1 aromatic heterocycles. The second-order valence-corrected chi connectivity index (χ2v) is 3.88. The molecule has 0 aliphatic heterocycles. The molecule has 0 bridgehead atoms. The number of amides is 1. The summed E-state index contributed by atoms with van der Waals surface area (Å²) in [5.74, 6) is 0.214. The summed E-state index contributed by atoms with van der Waals surface area (Å²) in [6, 6.07) is 5.37. The third-order valence-electron chi connectivity index (χ3n) is 2.38. The summed E-state index contributed by atoms with van der Waals surface area (Å²) < 4.78 is 17.9. The van der Waals surface area contributed by atoms with Gasteiger partial charge >= 0.3 is 0 Å². The summed E-state index contributed by atoms with van der Waals surface area (Å²) >= 11 is 0. The second kappa shape index (κ2) is 4.95. The van der Waals surface area contributed by atoms with Crippen LogP contribution in [0.15, 0.2) is 28.7 Å². The van der Waals surface area contributed by atoms with Crippen LogP contribution < -0.4 is 0 Å². The van der Waals surface area contributed by atoms with E-state index in [0.717, 1.165) is 0 Å². The van der Waals surface area contributed by atoms with Crippen LogP contribution in [0.4, 0.5) is 4.39 Å². The number of aromatic nitrogens is 2. The Labute approximate surface area is 103 Å². The molecule has 0 aliphatic rings. The van der Waals surface area contributed by atoms with E-state index in [1.54, 1.807) is 14.0 Å². The van der Waals surface area contributed by atoms with Crippen LogP contribution in [0.2, 0.25) is 0 Å². The predicted octanol–water partition coefficient (Wildman–Crippen LogP) is 1.79. The van der Waals surface area contributed by atoms with E-state index in [1.807, 2.05) is 0 Å². The number of aryl methyl sites for hydroxylation is 1. The standard InChI is InChI=1S/C12H12FN3O2/c1-8-14-15-11(18-8)7-16(2)12(17)9-3-5-10(13)6-4-9/h3-6H,7H2,1-2H3. The van der Waals surface area contributed by atoms with Crippen LogP contribution in [0.3, 0.4) is 0 Å². The zero-order valence-corrected chi connectivity index (χ0v) is 10.1. The van der Waals surface area contributed by atoms with Gasteiger partial charge in [0.25, 0.3) is 5.91 Å². The SMILES string of the molecule is Cc1nnc(CN(C)C(=O)c2ccc(F)cc2)o1. The molecule has 1 amide bonds. The van der Waals surface area contributed by atoms with Crippen molar-refractivity contribution in [1.82, 2.24) is 15.1 Å². The fourth-order valence-corrected chi connectivity index (χ4v) is 1.49. The first-order valence-corrected chi connectivity index (χ1v) is 5.36. The maximum absolute atomic E-state index is 12.7. The highest BCUT2D eigenvalue weighted by Gasteiger charge is 2.14. The molecule has 0 saturated heterocycles. The molecule has 0 saturated carbocycles. The number of rotatable bonds is 3. The zero-order valence-electron chi connectivity index (χ0n) is 10.1. The molecule has 5 nitrogen and oxygen atoms in total. The minimum absolute atomic E-state index is 0.219. The topological polar surface area (TPSA) is 59.2 Å². The Hall–Kier alpha value is -2.24. The molecule has 18 heavy (non-hydrogen) atoms. The maximum atomic E-state index is 12.7. The van der Waals surface area contributed by atoms with E-state index in [9.17, 15) is 9.18 Å². The number of halogens is 1. The van der Waals surface area contributed by atoms with Gasteiger partial charge in [-0.2, -0.15) is 0 Å². The molecular formula is C12H12FN3O2. The molecule has 94 valence electrons. The van der Waals surface area contributed by atoms with Gasteiger partial charge in [0.1, 0.15) is 5.82 Å². The zero-order chi connectivity index (χ0) is 13.1. The molecule has 1 aromatic carbocycles. The number of hydrogen-bond donors (Lipinski definition) is 0. The maximum Gasteiger partial charge on any atom is 0.254 e. The Morgan fingerprint density at radius 3 is 2.56 bits per heavy atom. The molecule has 0 radical (unpaired) electrons. The number of benzene rings is 1. The van der Waals surface area contributed by atoms with Crippen molar-refractivity contribution in [3.63, 3.8) is 0 Å². The molecule has 2 rings (SSSR count). The van der Waals surface area contributed by atoms with Crippen LogP contribution in [0.25, 0.3) is 0 Å². The third-order valence-corrected chi connectivity index (χ3v) is 2.38. The van der Waals surface area contributed by atoms with Gasteiger partial charge in [0, 0.05) is 19.5 Å². The molecule has 0 unspecified atom stereocenters. The Morgan fingerprint density at radius 1 is 1.33 bits per heavy atom. The van der Waals surface area contributed by atoms with Crippen molar-refractivity contribution >= 4 is 5.91 Å². The molecular weight excluding hydrogens is 237 g/mol. The van der Waals surface area contributed by atoms with Gasteiger partial charge in [-0.1, -0.05) is 0 Å². The van der Waals surface area contributed by atoms with E-state index in [-0.39, 0.29) is 18.3 Å². The Bertz CT molecular complexity index is 551. The lowest BCUT2D eigenvalue weighted by Gasteiger charge is -2.14. The first-order chi connectivity index (χ1) is 8.56. The summed E-state index contributed by atoms with van der Waals surface area (Å²) in [4.78, 5) is 13.4. The molecule has 6 heteroatoms. The third kappa shape index (κ3) is 2.71. The molecule has 0 atom stereocenters. The van der Waals surface area contributed by atoms with Crippen LogP contribution in [0.5, 0.6) is 0 Å². The average Bonchev–Trinajstić information content (AvgIpc) is 2.75. The lowest BCUT2D eigenvalue weighted by Crippen LogP contribution is -2.26. The van der Waals surface area contributed by atoms with E-state index in [0.29, 0.717) is 17.3 Å². The summed E-state index contributed by atoms with van der Waals surface area (Å²) in [6.07, 6.45) is 0. The van der Waals surface area contributed by atoms with Gasteiger partial charge in [-0.15, -0.1) is 10.2 Å². The van der Waals surface area contributed by atoms with E-state index < -0.39 is 0 Å². The average molecular weight is 249 g/mol. The minimum Gasteiger partial charge on any atom is -0.424 e. The minimum atomic E-state index is -0.373. The largest absolute Gasteiger partial charge is 0.424 e. The fourth-order valence-electron chi connectivity index (χ4n) is 1.49. The van der Waals surface area contributed by atoms with Crippen molar-refractivity contribution in [2.75, 3.05) is 7.05 Å². The van der Waals surface area contributed by atoms with Crippen molar-refractivity contribution in [2.24, 2.45) is 0 Å². The van der Waals surface area contributed by atoms with Crippen LogP contribution in [0, 0.1) is 12.7 Å². The number of nitrogens with zero attached hydrogens (tertiary/aromatic N) is 3. The van der Waals surface area contributed by atoms with Gasteiger partial charge in [0.05, 0.1) is 6.54 Å². The van der Waals surface area contributed by atoms with Crippen LogP contribution in [0.1, 0.15) is 22.1 Å². The smallest absolute Gasteiger partial charge is 0.254 e. The van der Waals surface area contributed by atoms with Crippen LogP contribution >= 0.6 is 0 Å². The highest BCUT2D eigenvalue weighted by molar-refractivity contribution is 5.93. The second-order valence-electron chi connectivity index (χ2n) is 3.88. The van der Waals surface area contributed by atoms with Gasteiger partial charge in [0.15, 0.2) is 0 Å². The van der Waals surface area contributed by atoms with Crippen molar-refractivity contribution in [3.8, 4) is 0 Å². The quantitative estimate of drug-likeness (QED) is 0.832. The van der Waals surface area contributed by atoms with Crippen LogP contribution in [-0.4, -0.2) is 28.1 Å². The van der Waals surface area contributed by atoms with Gasteiger partial charge in [-0.25, -0.2) is 4.39 Å². The van der Waals surface area contributed by atoms with E-state index in [2.05, 4.69) is 10.2 Å². The molecule has 1 heterocycles. The van der Waals surface area contributed by atoms with E-state index >= 15 is 0 Å². The van der Waals surface area contributed by atoms with Gasteiger partial charge in [0.2, 0.25) is 11.8 Å². The lowest BCUT2D eigenvalue weighted by atomic mass is 10.2. The number of hydrogen-bond acceptors (Lipinski definition) is 4. The van der Waals surface area contributed by atoms with Gasteiger partial charge in [-0.05, 0) is 24.3 Å². The first kappa shape index (κ1) is 12.2. The fraction of sp³-hybridized carbons (Fsp3) is 0.250. The van der Waals surface area contributed by atoms with Crippen molar-refractivity contribution in [2.45, 2.75) is 13.5 Å². The van der Waals surface area contributed by atoms with Gasteiger partial charge < -0.3 is 9.32 Å². The van der Waals surface area contributed by atoms with Crippen molar-refractivity contribution < 1.29 is 13.6 Å². The van der Waals surface area contributed by atoms with E-state index in [4.69, 9.17) is 4.42 Å². The molecule has 0 spiro atoms. The molecule has 2 aromatic rings. The molecule has 0 fully saturated rings. The summed E-state index contributed by atoms with van der Waals surface area (Å²) in [5, 5.41) is 7.48. The highest BCUT2D eigenvalue weighted by atomic mass is 19.1. The lowest BCUT2D eigenvalue weighted by molar-refractivity contribution is 0.0772. The van der Waals surface area contributed by atoms with E-state index in [1.165, 1.54) is 29.2 Å². The highest BCUT2D eigenvalue weighted by Crippen LogP contribution is 2.08. The van der Waals surface area contributed by atoms with Crippen molar-refractivity contribution in [1.29, 1.82) is 0 Å². The monoisotopic (exact) mass is 249 g/mol.